The van der Waals surface area contributed by atoms with E-state index in [-0.39, 0.29) is 12.1 Å². The smallest absolute Gasteiger partial charge is 0.318 e. The number of ether oxygens (including phenoxy) is 1. The summed E-state index contributed by atoms with van der Waals surface area (Å²) in [5.74, 6) is 1.36. The number of aromatic nitrogens is 2. The number of likely N-dealkylation sites (tertiary alicyclic amines) is 1. The van der Waals surface area contributed by atoms with Crippen molar-refractivity contribution in [3.05, 3.63) is 47.8 Å². The van der Waals surface area contributed by atoms with E-state index < -0.39 is 0 Å². The zero-order valence-corrected chi connectivity index (χ0v) is 17.7. The van der Waals surface area contributed by atoms with Gasteiger partial charge in [-0.3, -0.25) is 5.10 Å². The van der Waals surface area contributed by atoms with E-state index >= 15 is 0 Å². The standard InChI is InChI=1S/C22H33N5O2/c1-17(2)16-29-21-6-4-18(5-7-21)14-23-22(28)27(15-19-8-11-24-25-19)20-9-12-26(3)13-10-20/h4-8,11,17,20H,9-10,12-16H2,1-3H3,(H,23,28)(H,24,25). The fraction of sp³-hybridized carbons (Fsp3) is 0.545. The molecular formula is C22H33N5O2. The molecule has 0 saturated carbocycles. The molecule has 2 N–H and O–H groups in total. The first-order chi connectivity index (χ1) is 14.0. The zero-order chi connectivity index (χ0) is 20.6. The van der Waals surface area contributed by atoms with Crippen molar-refractivity contribution >= 4 is 6.03 Å². The molecule has 2 heterocycles. The Morgan fingerprint density at radius 2 is 2.00 bits per heavy atom. The average Bonchev–Trinajstić information content (AvgIpc) is 3.23. The maximum absolute atomic E-state index is 13.0. The highest BCUT2D eigenvalue weighted by molar-refractivity contribution is 5.74. The zero-order valence-electron chi connectivity index (χ0n) is 17.7. The maximum Gasteiger partial charge on any atom is 0.318 e. The van der Waals surface area contributed by atoms with Gasteiger partial charge in [0.1, 0.15) is 5.75 Å². The topological polar surface area (TPSA) is 73.5 Å². The van der Waals surface area contributed by atoms with Gasteiger partial charge in [-0.1, -0.05) is 26.0 Å². The molecule has 7 nitrogen and oxygen atoms in total. The molecule has 0 spiro atoms. The third kappa shape index (κ3) is 6.49. The summed E-state index contributed by atoms with van der Waals surface area (Å²) in [6.07, 6.45) is 3.76. The lowest BCUT2D eigenvalue weighted by Crippen LogP contribution is -2.49. The van der Waals surface area contributed by atoms with Crippen LogP contribution >= 0.6 is 0 Å². The molecule has 1 saturated heterocycles. The lowest BCUT2D eigenvalue weighted by atomic mass is 10.0. The van der Waals surface area contributed by atoms with Crippen LogP contribution in [0.15, 0.2) is 36.5 Å². The fourth-order valence-corrected chi connectivity index (χ4v) is 3.47. The molecule has 1 aromatic heterocycles. The van der Waals surface area contributed by atoms with Gasteiger partial charge < -0.3 is 19.9 Å². The Labute approximate surface area is 173 Å². The van der Waals surface area contributed by atoms with Crippen LogP contribution in [0.5, 0.6) is 5.75 Å². The van der Waals surface area contributed by atoms with Gasteiger partial charge in [-0.25, -0.2) is 4.79 Å². The number of carbonyl (C=O) groups is 1. The van der Waals surface area contributed by atoms with Gasteiger partial charge in [0.2, 0.25) is 0 Å². The molecule has 0 radical (unpaired) electrons. The summed E-state index contributed by atoms with van der Waals surface area (Å²) in [7, 11) is 2.13. The molecule has 7 heteroatoms. The van der Waals surface area contributed by atoms with Gasteiger partial charge in [0.05, 0.1) is 18.8 Å². The van der Waals surface area contributed by atoms with E-state index in [1.807, 2.05) is 35.2 Å². The molecule has 0 aliphatic carbocycles. The number of nitrogens with one attached hydrogen (secondary N) is 2. The minimum atomic E-state index is -0.0392. The quantitative estimate of drug-likeness (QED) is 0.715. The van der Waals surface area contributed by atoms with Crippen molar-refractivity contribution in [2.45, 2.75) is 45.8 Å². The molecule has 1 fully saturated rings. The summed E-state index contributed by atoms with van der Waals surface area (Å²) in [4.78, 5) is 17.2. The largest absolute Gasteiger partial charge is 0.493 e. The van der Waals surface area contributed by atoms with Gasteiger partial charge in [-0.15, -0.1) is 0 Å². The van der Waals surface area contributed by atoms with E-state index in [2.05, 4.69) is 41.3 Å². The highest BCUT2D eigenvalue weighted by atomic mass is 16.5. The summed E-state index contributed by atoms with van der Waals surface area (Å²) in [6, 6.07) is 10.0. The first kappa shape index (κ1) is 21.2. The molecule has 1 aliphatic heterocycles. The molecule has 0 unspecified atom stereocenters. The Bertz CT molecular complexity index is 737. The van der Waals surface area contributed by atoms with E-state index in [0.717, 1.165) is 42.9 Å². The highest BCUT2D eigenvalue weighted by Crippen LogP contribution is 2.18. The van der Waals surface area contributed by atoms with Gasteiger partial charge in [-0.2, -0.15) is 5.10 Å². The summed E-state index contributed by atoms with van der Waals surface area (Å²) in [6.45, 7) is 7.99. The van der Waals surface area contributed by atoms with E-state index in [4.69, 9.17) is 4.74 Å². The Morgan fingerprint density at radius 1 is 1.28 bits per heavy atom. The molecule has 1 aliphatic rings. The number of hydrogen-bond acceptors (Lipinski definition) is 4. The van der Waals surface area contributed by atoms with Gasteiger partial charge >= 0.3 is 6.03 Å². The molecule has 2 aromatic rings. The monoisotopic (exact) mass is 399 g/mol. The van der Waals surface area contributed by atoms with Crippen LogP contribution in [0.1, 0.15) is 37.9 Å². The van der Waals surface area contributed by atoms with Gasteiger partial charge in [0.25, 0.3) is 0 Å². The van der Waals surface area contributed by atoms with E-state index in [1.54, 1.807) is 6.20 Å². The van der Waals surface area contributed by atoms with Crippen molar-refractivity contribution in [2.24, 2.45) is 5.92 Å². The molecule has 0 atom stereocenters. The Morgan fingerprint density at radius 3 is 2.62 bits per heavy atom. The second-order valence-corrected chi connectivity index (χ2v) is 8.24. The third-order valence-electron chi connectivity index (χ3n) is 5.23. The van der Waals surface area contributed by atoms with Crippen molar-refractivity contribution in [2.75, 3.05) is 26.7 Å². The van der Waals surface area contributed by atoms with Gasteiger partial charge in [0, 0.05) is 18.8 Å². The van der Waals surface area contributed by atoms with E-state index in [9.17, 15) is 4.79 Å². The SMILES string of the molecule is CC(C)COc1ccc(CNC(=O)N(Cc2cc[nH]n2)C2CCN(C)CC2)cc1. The van der Waals surface area contributed by atoms with Crippen molar-refractivity contribution in [1.29, 1.82) is 0 Å². The first-order valence-corrected chi connectivity index (χ1v) is 10.4. The molecule has 1 aromatic carbocycles. The summed E-state index contributed by atoms with van der Waals surface area (Å²) >= 11 is 0. The minimum absolute atomic E-state index is 0.0392. The first-order valence-electron chi connectivity index (χ1n) is 10.4. The Kier molecular flexibility index (Phi) is 7.52. The number of hydrogen-bond donors (Lipinski definition) is 2. The maximum atomic E-state index is 13.0. The number of H-pyrrole nitrogens is 1. The summed E-state index contributed by atoms with van der Waals surface area (Å²) in [5, 5.41) is 10.2. The highest BCUT2D eigenvalue weighted by Gasteiger charge is 2.27. The van der Waals surface area contributed by atoms with Crippen molar-refractivity contribution in [3.8, 4) is 5.75 Å². The number of nitrogens with zero attached hydrogens (tertiary/aromatic N) is 3. The average molecular weight is 400 g/mol. The lowest BCUT2D eigenvalue weighted by molar-refractivity contribution is 0.126. The van der Waals surface area contributed by atoms with Crippen LogP contribution in [-0.2, 0) is 13.1 Å². The summed E-state index contributed by atoms with van der Waals surface area (Å²) in [5.41, 5.74) is 1.93. The number of carbonyl (C=O) groups excluding carboxylic acids is 1. The number of urea groups is 1. The molecule has 29 heavy (non-hydrogen) atoms. The van der Waals surface area contributed by atoms with E-state index in [1.165, 1.54) is 0 Å². The van der Waals surface area contributed by atoms with Crippen LogP contribution in [0.2, 0.25) is 0 Å². The molecule has 3 rings (SSSR count). The van der Waals surface area contributed by atoms with Crippen LogP contribution in [0.25, 0.3) is 0 Å². The normalized spacial score (nSPS) is 15.4. The number of rotatable bonds is 8. The van der Waals surface area contributed by atoms with Gasteiger partial charge in [0.15, 0.2) is 0 Å². The van der Waals surface area contributed by atoms with E-state index in [0.29, 0.717) is 25.6 Å². The molecule has 0 bridgehead atoms. The Hall–Kier alpha value is -2.54. The molecule has 2 amide bonds. The Balaban J connectivity index is 1.57. The summed E-state index contributed by atoms with van der Waals surface area (Å²) < 4.78 is 5.72. The fourth-order valence-electron chi connectivity index (χ4n) is 3.47. The van der Waals surface area contributed by atoms with Crippen LogP contribution < -0.4 is 10.1 Å². The van der Waals surface area contributed by atoms with Crippen LogP contribution in [-0.4, -0.2) is 58.8 Å². The van der Waals surface area contributed by atoms with Gasteiger partial charge in [-0.05, 0) is 62.7 Å². The number of benzene rings is 1. The third-order valence-corrected chi connectivity index (χ3v) is 5.23. The number of amides is 2. The van der Waals surface area contributed by atoms with Crippen molar-refractivity contribution < 1.29 is 9.53 Å². The predicted molar refractivity (Wildman–Crippen MR) is 114 cm³/mol. The van der Waals surface area contributed by atoms with Crippen molar-refractivity contribution in [3.63, 3.8) is 0 Å². The van der Waals surface area contributed by atoms with Crippen LogP contribution in [0.4, 0.5) is 4.79 Å². The second-order valence-electron chi connectivity index (χ2n) is 8.24. The second kappa shape index (κ2) is 10.3. The predicted octanol–water partition coefficient (Wildman–Crippen LogP) is 3.25. The van der Waals surface area contributed by atoms with Crippen LogP contribution in [0.3, 0.4) is 0 Å². The van der Waals surface area contributed by atoms with Crippen LogP contribution in [0, 0.1) is 5.92 Å². The molecular weight excluding hydrogens is 366 g/mol. The number of aromatic amines is 1. The van der Waals surface area contributed by atoms with Crippen molar-refractivity contribution in [1.82, 2.24) is 25.3 Å². The molecule has 158 valence electrons. The lowest BCUT2D eigenvalue weighted by Gasteiger charge is -2.37. The minimum Gasteiger partial charge on any atom is -0.493 e. The number of piperidine rings is 1.